The molecule has 0 saturated carbocycles. The summed E-state index contributed by atoms with van der Waals surface area (Å²) < 4.78 is 0. The van der Waals surface area contributed by atoms with E-state index in [1.807, 2.05) is 25.1 Å². The van der Waals surface area contributed by atoms with E-state index in [2.05, 4.69) is 15.5 Å². The van der Waals surface area contributed by atoms with Crippen molar-refractivity contribution in [3.8, 4) is 0 Å². The summed E-state index contributed by atoms with van der Waals surface area (Å²) in [5.74, 6) is 0.154. The van der Waals surface area contributed by atoms with Gasteiger partial charge in [-0.25, -0.2) is 0 Å². The lowest BCUT2D eigenvalue weighted by Crippen LogP contribution is -2.13. The zero-order valence-corrected chi connectivity index (χ0v) is 9.74. The second kappa shape index (κ2) is 4.29. The lowest BCUT2D eigenvalue weighted by Gasteiger charge is -2.03. The number of nitrogens with zero attached hydrogens (tertiary/aromatic N) is 1. The van der Waals surface area contributed by atoms with Gasteiger partial charge in [0.25, 0.3) is 5.91 Å². The number of aromatic amines is 1. The van der Waals surface area contributed by atoms with Gasteiger partial charge in [0.15, 0.2) is 5.82 Å². The van der Waals surface area contributed by atoms with Crippen molar-refractivity contribution < 1.29 is 4.79 Å². The van der Waals surface area contributed by atoms with Crippen LogP contribution in [0.2, 0.25) is 0 Å². The van der Waals surface area contributed by atoms with E-state index in [4.69, 9.17) is 5.73 Å². The number of hydrogen-bond donors (Lipinski definition) is 3. The Kier molecular flexibility index (Phi) is 2.82. The molecule has 0 saturated heterocycles. The number of carbonyl (C=O) groups excluding carboxylic acids is 1. The molecule has 88 valence electrons. The van der Waals surface area contributed by atoms with E-state index >= 15 is 0 Å². The highest BCUT2D eigenvalue weighted by atomic mass is 16.1. The first-order valence-corrected chi connectivity index (χ1v) is 5.26. The number of nitrogen functional groups attached to an aromatic ring is 1. The van der Waals surface area contributed by atoms with Crippen LogP contribution in [0.1, 0.15) is 21.6 Å². The number of amides is 1. The third-order valence-corrected chi connectivity index (χ3v) is 2.51. The second-order valence-corrected chi connectivity index (χ2v) is 3.93. The number of rotatable bonds is 2. The van der Waals surface area contributed by atoms with E-state index in [1.54, 1.807) is 13.0 Å². The molecule has 17 heavy (non-hydrogen) atoms. The van der Waals surface area contributed by atoms with Crippen molar-refractivity contribution in [2.75, 3.05) is 11.1 Å². The molecule has 1 aromatic carbocycles. The van der Waals surface area contributed by atoms with Crippen LogP contribution in [0, 0.1) is 13.8 Å². The highest BCUT2D eigenvalue weighted by Crippen LogP contribution is 2.18. The Morgan fingerprint density at radius 2 is 2.18 bits per heavy atom. The average Bonchev–Trinajstić information content (AvgIpc) is 2.61. The van der Waals surface area contributed by atoms with Gasteiger partial charge in [-0.2, -0.15) is 5.10 Å². The molecule has 1 amide bonds. The summed E-state index contributed by atoms with van der Waals surface area (Å²) in [6.07, 6.45) is 0. The largest absolute Gasteiger partial charge is 0.394 e. The van der Waals surface area contributed by atoms with Crippen LogP contribution >= 0.6 is 0 Å². The minimum atomic E-state index is -0.216. The van der Waals surface area contributed by atoms with Crippen molar-refractivity contribution in [1.82, 2.24) is 10.2 Å². The molecular weight excluding hydrogens is 216 g/mol. The maximum Gasteiger partial charge on any atom is 0.256 e. The molecule has 5 heteroatoms. The number of aromatic nitrogens is 2. The van der Waals surface area contributed by atoms with Crippen LogP contribution in [-0.2, 0) is 0 Å². The van der Waals surface area contributed by atoms with Gasteiger partial charge in [0.1, 0.15) is 0 Å². The van der Waals surface area contributed by atoms with Crippen molar-refractivity contribution in [3.05, 3.63) is 41.1 Å². The third-order valence-electron chi connectivity index (χ3n) is 2.51. The number of carbonyl (C=O) groups is 1. The molecule has 0 aliphatic carbocycles. The number of nitrogens with one attached hydrogen (secondary N) is 2. The molecular formula is C12H14N4O. The fourth-order valence-electron chi connectivity index (χ4n) is 1.50. The van der Waals surface area contributed by atoms with Crippen molar-refractivity contribution in [3.63, 3.8) is 0 Å². The third kappa shape index (κ3) is 2.28. The predicted molar refractivity (Wildman–Crippen MR) is 66.9 cm³/mol. The molecule has 0 fully saturated rings. The van der Waals surface area contributed by atoms with Gasteiger partial charge < -0.3 is 11.1 Å². The Balaban J connectivity index is 2.20. The second-order valence-electron chi connectivity index (χ2n) is 3.93. The van der Waals surface area contributed by atoms with Gasteiger partial charge in [-0.05, 0) is 26.0 Å². The summed E-state index contributed by atoms with van der Waals surface area (Å²) in [5.41, 5.74) is 8.57. The first-order chi connectivity index (χ1) is 8.08. The van der Waals surface area contributed by atoms with Gasteiger partial charge in [0.05, 0.1) is 11.4 Å². The standard InChI is InChI=1S/C12H14N4O/c1-7-4-3-5-9(6-7)12(17)14-11-10(13)8(2)15-16-11/h3-6H,13H2,1-2H3,(H2,14,15,16,17). The minimum Gasteiger partial charge on any atom is -0.394 e. The Hall–Kier alpha value is -2.30. The molecule has 2 rings (SSSR count). The Labute approximate surface area is 99.0 Å². The van der Waals surface area contributed by atoms with Crippen LogP contribution in [0.3, 0.4) is 0 Å². The summed E-state index contributed by atoms with van der Waals surface area (Å²) in [6.45, 7) is 3.73. The summed E-state index contributed by atoms with van der Waals surface area (Å²) >= 11 is 0. The summed E-state index contributed by atoms with van der Waals surface area (Å²) in [7, 11) is 0. The zero-order chi connectivity index (χ0) is 12.4. The van der Waals surface area contributed by atoms with Gasteiger partial charge in [-0.1, -0.05) is 17.7 Å². The normalized spacial score (nSPS) is 10.2. The number of H-pyrrole nitrogens is 1. The topological polar surface area (TPSA) is 83.8 Å². The molecule has 1 aromatic heterocycles. The molecule has 0 unspecified atom stereocenters. The number of nitrogens with two attached hydrogens (primary N) is 1. The number of hydrogen-bond acceptors (Lipinski definition) is 3. The Morgan fingerprint density at radius 3 is 2.76 bits per heavy atom. The number of anilines is 2. The summed E-state index contributed by atoms with van der Waals surface area (Å²) in [6, 6.07) is 7.33. The average molecular weight is 230 g/mol. The van der Waals surface area contributed by atoms with Crippen LogP contribution < -0.4 is 11.1 Å². The van der Waals surface area contributed by atoms with Crippen molar-refractivity contribution in [2.24, 2.45) is 0 Å². The molecule has 0 spiro atoms. The van der Waals surface area contributed by atoms with Crippen molar-refractivity contribution >= 4 is 17.4 Å². The Morgan fingerprint density at radius 1 is 1.41 bits per heavy atom. The van der Waals surface area contributed by atoms with Gasteiger partial charge in [0.2, 0.25) is 0 Å². The van der Waals surface area contributed by atoms with E-state index in [0.717, 1.165) is 11.3 Å². The monoisotopic (exact) mass is 230 g/mol. The summed E-state index contributed by atoms with van der Waals surface area (Å²) in [5, 5.41) is 9.30. The van der Waals surface area contributed by atoms with Crippen LogP contribution in [0.15, 0.2) is 24.3 Å². The van der Waals surface area contributed by atoms with E-state index in [1.165, 1.54) is 0 Å². The Bertz CT molecular complexity index is 559. The molecule has 0 atom stereocenters. The molecule has 0 aliphatic rings. The fourth-order valence-corrected chi connectivity index (χ4v) is 1.50. The maximum atomic E-state index is 11.9. The number of benzene rings is 1. The van der Waals surface area contributed by atoms with Gasteiger partial charge in [0, 0.05) is 5.56 Å². The van der Waals surface area contributed by atoms with E-state index in [-0.39, 0.29) is 5.91 Å². The quantitative estimate of drug-likeness (QED) is 0.736. The predicted octanol–water partition coefficient (Wildman–Crippen LogP) is 1.86. The lowest BCUT2D eigenvalue weighted by atomic mass is 10.1. The van der Waals surface area contributed by atoms with Crippen LogP contribution in [0.5, 0.6) is 0 Å². The fraction of sp³-hybridized carbons (Fsp3) is 0.167. The highest BCUT2D eigenvalue weighted by Gasteiger charge is 2.11. The lowest BCUT2D eigenvalue weighted by molar-refractivity contribution is 0.102. The molecule has 4 N–H and O–H groups in total. The van der Waals surface area contributed by atoms with Gasteiger partial charge in [-0.3, -0.25) is 9.89 Å². The smallest absolute Gasteiger partial charge is 0.256 e. The molecule has 0 aliphatic heterocycles. The van der Waals surface area contributed by atoms with Gasteiger partial charge in [-0.15, -0.1) is 0 Å². The van der Waals surface area contributed by atoms with E-state index < -0.39 is 0 Å². The zero-order valence-electron chi connectivity index (χ0n) is 9.74. The van der Waals surface area contributed by atoms with E-state index in [9.17, 15) is 4.79 Å². The van der Waals surface area contributed by atoms with E-state index in [0.29, 0.717) is 17.1 Å². The number of aryl methyl sites for hydroxylation is 2. The first kappa shape index (κ1) is 11.2. The van der Waals surface area contributed by atoms with Gasteiger partial charge >= 0.3 is 0 Å². The minimum absolute atomic E-state index is 0.216. The molecule has 0 radical (unpaired) electrons. The van der Waals surface area contributed by atoms with Crippen LogP contribution in [0.25, 0.3) is 0 Å². The summed E-state index contributed by atoms with van der Waals surface area (Å²) in [4.78, 5) is 11.9. The molecule has 1 heterocycles. The molecule has 0 bridgehead atoms. The van der Waals surface area contributed by atoms with Crippen molar-refractivity contribution in [1.29, 1.82) is 0 Å². The maximum absolute atomic E-state index is 11.9. The highest BCUT2D eigenvalue weighted by molar-refractivity contribution is 6.05. The molecule has 2 aromatic rings. The SMILES string of the molecule is Cc1cccc(C(=O)Nc2n[nH]c(C)c2N)c1. The molecule has 5 nitrogen and oxygen atoms in total. The van der Waals surface area contributed by atoms with Crippen LogP contribution in [0.4, 0.5) is 11.5 Å². The first-order valence-electron chi connectivity index (χ1n) is 5.26. The van der Waals surface area contributed by atoms with Crippen molar-refractivity contribution in [2.45, 2.75) is 13.8 Å². The van der Waals surface area contributed by atoms with Crippen LogP contribution in [-0.4, -0.2) is 16.1 Å².